The Labute approximate surface area is 184 Å². The van der Waals surface area contributed by atoms with Gasteiger partial charge in [-0.2, -0.15) is 0 Å². The molecular weight excluding hydrogens is 386 g/mol. The smallest absolute Gasteiger partial charge is 0.0944 e. The van der Waals surface area contributed by atoms with Crippen LogP contribution >= 0.6 is 11.8 Å². The van der Waals surface area contributed by atoms with E-state index in [4.69, 9.17) is 4.98 Å². The van der Waals surface area contributed by atoms with E-state index in [1.54, 1.807) is 0 Å². The first-order valence-electron chi connectivity index (χ1n) is 10.9. The summed E-state index contributed by atoms with van der Waals surface area (Å²) in [6, 6.07) is 17.9. The van der Waals surface area contributed by atoms with Gasteiger partial charge in [0.25, 0.3) is 0 Å². The van der Waals surface area contributed by atoms with Crippen LogP contribution in [-0.2, 0) is 12.2 Å². The molecule has 1 atom stereocenters. The molecule has 0 radical (unpaired) electrons. The zero-order valence-corrected chi connectivity index (χ0v) is 18.7. The number of aromatic nitrogens is 1. The van der Waals surface area contributed by atoms with Gasteiger partial charge in [0.15, 0.2) is 0 Å². The van der Waals surface area contributed by atoms with Crippen molar-refractivity contribution in [2.45, 2.75) is 31.6 Å². The first-order valence-corrected chi connectivity index (χ1v) is 11.9. The fraction of sp³-hybridized carbons (Fsp3) is 0.346. The predicted octanol–water partition coefficient (Wildman–Crippen LogP) is 5.55. The maximum absolute atomic E-state index is 4.89. The Morgan fingerprint density at radius 1 is 1.07 bits per heavy atom. The van der Waals surface area contributed by atoms with Crippen molar-refractivity contribution in [3.8, 4) is 11.3 Å². The largest absolute Gasteiger partial charge is 0.366 e. The van der Waals surface area contributed by atoms with Gasteiger partial charge in [-0.05, 0) is 55.0 Å². The van der Waals surface area contributed by atoms with Gasteiger partial charge in [0.05, 0.1) is 11.4 Å². The Morgan fingerprint density at radius 2 is 1.90 bits per heavy atom. The Morgan fingerprint density at radius 3 is 2.77 bits per heavy atom. The quantitative estimate of drug-likeness (QED) is 0.556. The molecule has 154 valence electrons. The maximum Gasteiger partial charge on any atom is 0.0944 e. The molecule has 1 aliphatic carbocycles. The van der Waals surface area contributed by atoms with Crippen LogP contribution in [0.4, 0.5) is 5.69 Å². The lowest BCUT2D eigenvalue weighted by Crippen LogP contribution is -2.51. The molecule has 0 N–H and O–H groups in total. The highest BCUT2D eigenvalue weighted by molar-refractivity contribution is 8.02. The van der Waals surface area contributed by atoms with Crippen molar-refractivity contribution in [1.82, 2.24) is 9.88 Å². The van der Waals surface area contributed by atoms with Gasteiger partial charge in [-0.1, -0.05) is 42.5 Å². The average Bonchev–Trinajstić information content (AvgIpc) is 2.90. The van der Waals surface area contributed by atoms with Crippen LogP contribution < -0.4 is 4.90 Å². The van der Waals surface area contributed by atoms with Crippen molar-refractivity contribution < 1.29 is 0 Å². The van der Waals surface area contributed by atoms with E-state index in [9.17, 15) is 0 Å². The van der Waals surface area contributed by atoms with Gasteiger partial charge in [-0.15, -0.1) is 11.8 Å². The number of rotatable bonds is 4. The van der Waals surface area contributed by atoms with Crippen molar-refractivity contribution in [2.24, 2.45) is 0 Å². The third-order valence-corrected chi connectivity index (χ3v) is 7.55. The van der Waals surface area contributed by atoms with E-state index in [2.05, 4.69) is 72.3 Å². The number of anilines is 1. The topological polar surface area (TPSA) is 19.4 Å². The van der Waals surface area contributed by atoms with E-state index in [0.717, 1.165) is 31.8 Å². The van der Waals surface area contributed by atoms with Crippen LogP contribution in [0.1, 0.15) is 30.0 Å². The Bertz CT molecular complexity index is 1030. The molecule has 0 spiro atoms. The molecule has 0 aromatic heterocycles. The zero-order valence-electron chi connectivity index (χ0n) is 17.8. The molecule has 5 rings (SSSR count). The number of hydrogen-bond acceptors (Lipinski definition) is 4. The lowest BCUT2D eigenvalue weighted by molar-refractivity contribution is 0.208. The molecule has 30 heavy (non-hydrogen) atoms. The second-order valence-electron chi connectivity index (χ2n) is 8.48. The zero-order chi connectivity index (χ0) is 20.5. The van der Waals surface area contributed by atoms with E-state index in [1.807, 2.05) is 24.0 Å². The number of fused-ring (bicyclic) bond motifs is 3. The molecule has 1 aromatic rings. The Hall–Kier alpha value is -2.30. The maximum atomic E-state index is 4.89. The molecule has 0 bridgehead atoms. The molecule has 3 nitrogen and oxygen atoms in total. The summed E-state index contributed by atoms with van der Waals surface area (Å²) in [6.07, 6.45) is 6.65. The van der Waals surface area contributed by atoms with Crippen LogP contribution in [0.15, 0.2) is 59.6 Å². The molecule has 4 aliphatic rings. The van der Waals surface area contributed by atoms with Gasteiger partial charge in [-0.3, -0.25) is 9.88 Å². The lowest BCUT2D eigenvalue weighted by Gasteiger charge is -2.41. The molecule has 3 aliphatic heterocycles. The number of nitrogens with zero attached hydrogens (tertiary/aromatic N) is 3. The summed E-state index contributed by atoms with van der Waals surface area (Å²) in [4.78, 5) is 11.5. The summed E-state index contributed by atoms with van der Waals surface area (Å²) in [5.74, 6) is 1.05. The highest BCUT2D eigenvalue weighted by Gasteiger charge is 2.32. The van der Waals surface area contributed by atoms with Crippen LogP contribution in [-0.4, -0.2) is 42.6 Å². The van der Waals surface area contributed by atoms with E-state index in [0.29, 0.717) is 6.04 Å². The van der Waals surface area contributed by atoms with Crippen LogP contribution in [0, 0.1) is 0 Å². The van der Waals surface area contributed by atoms with Gasteiger partial charge in [0, 0.05) is 48.8 Å². The van der Waals surface area contributed by atoms with Crippen molar-refractivity contribution in [3.63, 3.8) is 0 Å². The first kappa shape index (κ1) is 19.7. The SMILES string of the molecule is CC1=Cc2c(c3ccccnc-3c2N2CCN(C)C(CCc3ccccc3)C2)CS1. The number of thioether (sulfide) groups is 1. The molecule has 4 heteroatoms. The van der Waals surface area contributed by atoms with Gasteiger partial charge >= 0.3 is 0 Å². The summed E-state index contributed by atoms with van der Waals surface area (Å²) in [7, 11) is 2.28. The summed E-state index contributed by atoms with van der Waals surface area (Å²) in [5.41, 5.74) is 8.14. The molecule has 1 aromatic carbocycles. The second-order valence-corrected chi connectivity index (χ2v) is 9.70. The minimum absolute atomic E-state index is 0.556. The minimum Gasteiger partial charge on any atom is -0.366 e. The number of hydrogen-bond donors (Lipinski definition) is 0. The normalized spacial score (nSPS) is 19.6. The summed E-state index contributed by atoms with van der Waals surface area (Å²) >= 11 is 1.95. The van der Waals surface area contributed by atoms with Crippen LogP contribution in [0.2, 0.25) is 0 Å². The van der Waals surface area contributed by atoms with Crippen molar-refractivity contribution in [3.05, 3.63) is 76.3 Å². The molecule has 0 saturated carbocycles. The van der Waals surface area contributed by atoms with Crippen molar-refractivity contribution >= 4 is 23.5 Å². The Balaban J connectivity index is 1.46. The number of benzene rings is 1. The monoisotopic (exact) mass is 415 g/mol. The Kier molecular flexibility index (Phi) is 5.53. The standard InChI is InChI=1S/C26H29N3S/c1-19-16-23-24(18-30-19)22-10-6-7-13-27-25(22)26(23)29-15-14-28(2)21(17-29)12-11-20-8-4-3-5-9-20/h3-10,13,16,21H,11-12,14-15,17-18H2,1-2H3. The molecule has 3 heterocycles. The van der Waals surface area contributed by atoms with Gasteiger partial charge in [0.1, 0.15) is 0 Å². The third-order valence-electron chi connectivity index (χ3n) is 6.54. The second kappa shape index (κ2) is 8.44. The van der Waals surface area contributed by atoms with E-state index < -0.39 is 0 Å². The lowest BCUT2D eigenvalue weighted by atomic mass is 10.0. The highest BCUT2D eigenvalue weighted by atomic mass is 32.2. The fourth-order valence-electron chi connectivity index (χ4n) is 4.82. The first-order chi connectivity index (χ1) is 14.7. The van der Waals surface area contributed by atoms with Crippen molar-refractivity contribution in [2.75, 3.05) is 31.6 Å². The number of aryl methyl sites for hydroxylation is 1. The van der Waals surface area contributed by atoms with Crippen LogP contribution in [0.25, 0.3) is 17.3 Å². The number of allylic oxidation sites excluding steroid dienone is 1. The predicted molar refractivity (Wildman–Crippen MR) is 129 cm³/mol. The summed E-state index contributed by atoms with van der Waals surface area (Å²) < 4.78 is 0. The summed E-state index contributed by atoms with van der Waals surface area (Å²) in [5, 5.41) is 0. The van der Waals surface area contributed by atoms with E-state index in [1.165, 1.54) is 45.0 Å². The average molecular weight is 416 g/mol. The fourth-order valence-corrected chi connectivity index (χ4v) is 5.70. The third kappa shape index (κ3) is 3.75. The van der Waals surface area contributed by atoms with Crippen molar-refractivity contribution in [1.29, 1.82) is 0 Å². The summed E-state index contributed by atoms with van der Waals surface area (Å²) in [6.45, 7) is 5.45. The van der Waals surface area contributed by atoms with Gasteiger partial charge in [-0.25, -0.2) is 0 Å². The number of piperazine rings is 1. The van der Waals surface area contributed by atoms with Gasteiger partial charge in [0.2, 0.25) is 0 Å². The molecule has 1 saturated heterocycles. The molecular formula is C26H29N3S. The van der Waals surface area contributed by atoms with E-state index in [-0.39, 0.29) is 0 Å². The molecule has 0 amide bonds. The highest BCUT2D eigenvalue weighted by Crippen LogP contribution is 2.48. The molecule has 1 fully saturated rings. The van der Waals surface area contributed by atoms with Crippen LogP contribution in [0.5, 0.6) is 0 Å². The van der Waals surface area contributed by atoms with E-state index >= 15 is 0 Å². The number of likely N-dealkylation sites (N-methyl/N-ethyl adjacent to an activating group) is 1. The van der Waals surface area contributed by atoms with Gasteiger partial charge < -0.3 is 4.90 Å². The minimum atomic E-state index is 0.556. The molecule has 1 unspecified atom stereocenters. The van der Waals surface area contributed by atoms with Crippen LogP contribution in [0.3, 0.4) is 0 Å².